The maximum Gasteiger partial charge on any atom is 0.265 e. The normalized spacial score (nSPS) is 19.1. The molecule has 0 radical (unpaired) electrons. The Labute approximate surface area is 233 Å². The van der Waals surface area contributed by atoms with Gasteiger partial charge in [-0.05, 0) is 105 Å². The molecule has 0 aromatic heterocycles. The Morgan fingerprint density at radius 2 is 1.45 bits per heavy atom. The van der Waals surface area contributed by atoms with Crippen molar-refractivity contribution < 1.29 is 23.0 Å². The summed E-state index contributed by atoms with van der Waals surface area (Å²) in [6, 6.07) is 18.0. The number of carbonyl (C=O) groups excluding carboxylic acids is 1. The Kier molecular flexibility index (Phi) is 7.27. The van der Waals surface area contributed by atoms with Gasteiger partial charge in [0, 0.05) is 6.54 Å². The number of benzene rings is 3. The highest BCUT2D eigenvalue weighted by Gasteiger charge is 2.49. The number of carbonyl (C=O) groups is 1. The minimum Gasteiger partial charge on any atom is -0.486 e. The molecule has 208 valence electrons. The number of piperidine rings is 1. The van der Waals surface area contributed by atoms with Crippen LogP contribution in [0, 0.1) is 11.6 Å². The van der Waals surface area contributed by atoms with E-state index in [0.29, 0.717) is 42.6 Å². The van der Waals surface area contributed by atoms with E-state index in [4.69, 9.17) is 14.5 Å². The Hall–Kier alpha value is -3.78. The van der Waals surface area contributed by atoms with Crippen LogP contribution in [0.15, 0.2) is 71.7 Å². The highest BCUT2D eigenvalue weighted by molar-refractivity contribution is 6.09. The van der Waals surface area contributed by atoms with Gasteiger partial charge in [-0.25, -0.2) is 13.8 Å². The lowest BCUT2D eigenvalue weighted by Gasteiger charge is -2.33. The van der Waals surface area contributed by atoms with Gasteiger partial charge in [0.15, 0.2) is 17.0 Å². The van der Waals surface area contributed by atoms with Crippen LogP contribution in [0.3, 0.4) is 0 Å². The van der Waals surface area contributed by atoms with Crippen LogP contribution in [0.2, 0.25) is 0 Å². The van der Waals surface area contributed by atoms with Crippen LogP contribution < -0.4 is 9.47 Å². The summed E-state index contributed by atoms with van der Waals surface area (Å²) < 4.78 is 38.9. The van der Waals surface area contributed by atoms with Gasteiger partial charge in [-0.2, -0.15) is 0 Å². The van der Waals surface area contributed by atoms with E-state index in [1.165, 1.54) is 29.8 Å². The molecular weight excluding hydrogens is 512 g/mol. The zero-order valence-corrected chi connectivity index (χ0v) is 22.6. The van der Waals surface area contributed by atoms with Crippen LogP contribution in [0.5, 0.6) is 11.5 Å². The molecule has 3 aliphatic heterocycles. The van der Waals surface area contributed by atoms with Gasteiger partial charge in [0.05, 0.1) is 0 Å². The molecule has 0 atom stereocenters. The highest BCUT2D eigenvalue weighted by Crippen LogP contribution is 2.41. The fourth-order valence-corrected chi connectivity index (χ4v) is 6.14. The zero-order chi connectivity index (χ0) is 27.7. The smallest absolute Gasteiger partial charge is 0.265 e. The van der Waals surface area contributed by atoms with Crippen LogP contribution in [0.1, 0.15) is 48.8 Å². The van der Waals surface area contributed by atoms with Crippen molar-refractivity contribution in [2.45, 2.75) is 37.6 Å². The van der Waals surface area contributed by atoms with E-state index in [1.807, 2.05) is 13.0 Å². The van der Waals surface area contributed by atoms with Crippen LogP contribution in [-0.2, 0) is 10.3 Å². The standard InChI is InChI=1S/C32H33F2N3O3/c1-22-35-32(25-4-8-27(33)9-5-25,26-6-10-28(34)11-7-26)31(38)37(22)16-2-15-36-17-13-23(14-18-36)24-3-12-29-30(21-24)40-20-19-39-29/h3-12,21,23H,2,13-20H2,1H3. The number of amidine groups is 1. The first-order valence-electron chi connectivity index (χ1n) is 14.0. The van der Waals surface area contributed by atoms with Crippen molar-refractivity contribution in [3.63, 3.8) is 0 Å². The number of likely N-dealkylation sites (tertiary alicyclic amines) is 1. The first-order valence-corrected chi connectivity index (χ1v) is 14.0. The molecule has 8 heteroatoms. The van der Waals surface area contributed by atoms with Crippen LogP contribution in [0.25, 0.3) is 0 Å². The Bertz CT molecular complexity index is 1350. The Morgan fingerprint density at radius 1 is 0.850 bits per heavy atom. The molecule has 1 amide bonds. The van der Waals surface area contributed by atoms with Gasteiger partial charge in [0.25, 0.3) is 5.91 Å². The number of hydrogen-bond donors (Lipinski definition) is 0. The maximum absolute atomic E-state index is 14.0. The van der Waals surface area contributed by atoms with Gasteiger partial charge >= 0.3 is 0 Å². The molecule has 3 aliphatic rings. The highest BCUT2D eigenvalue weighted by atomic mass is 19.1. The van der Waals surface area contributed by atoms with E-state index >= 15 is 0 Å². The third-order valence-electron chi connectivity index (χ3n) is 8.28. The monoisotopic (exact) mass is 545 g/mol. The molecule has 3 aromatic carbocycles. The molecular formula is C32H33F2N3O3. The van der Waals surface area contributed by atoms with E-state index < -0.39 is 17.2 Å². The van der Waals surface area contributed by atoms with Crippen LogP contribution >= 0.6 is 0 Å². The number of aliphatic imine (C=N–C) groups is 1. The minimum absolute atomic E-state index is 0.194. The number of halogens is 2. The fraction of sp³-hybridized carbons (Fsp3) is 0.375. The SMILES string of the molecule is CC1=NC(c2ccc(F)cc2)(c2ccc(F)cc2)C(=O)N1CCCN1CCC(c2ccc3c(c2)OCCO3)CC1. The van der Waals surface area contributed by atoms with Gasteiger partial charge < -0.3 is 14.4 Å². The number of hydrogen-bond acceptors (Lipinski definition) is 5. The van der Waals surface area contributed by atoms with Crippen molar-refractivity contribution in [1.82, 2.24) is 9.80 Å². The van der Waals surface area contributed by atoms with Gasteiger partial charge in [0.1, 0.15) is 30.7 Å². The van der Waals surface area contributed by atoms with Gasteiger partial charge in [-0.15, -0.1) is 0 Å². The second kappa shape index (κ2) is 11.0. The number of rotatable bonds is 7. The molecule has 40 heavy (non-hydrogen) atoms. The second-order valence-corrected chi connectivity index (χ2v) is 10.7. The summed E-state index contributed by atoms with van der Waals surface area (Å²) in [6.07, 6.45) is 2.94. The summed E-state index contributed by atoms with van der Waals surface area (Å²) in [7, 11) is 0. The summed E-state index contributed by atoms with van der Waals surface area (Å²) in [5, 5.41) is 0. The summed E-state index contributed by atoms with van der Waals surface area (Å²) in [6.45, 7) is 6.41. The first kappa shape index (κ1) is 26.4. The van der Waals surface area contributed by atoms with Crippen molar-refractivity contribution in [3.8, 4) is 11.5 Å². The molecule has 1 saturated heterocycles. The van der Waals surface area contributed by atoms with Crippen molar-refractivity contribution in [2.24, 2.45) is 4.99 Å². The Morgan fingerprint density at radius 3 is 2.08 bits per heavy atom. The molecule has 3 heterocycles. The minimum atomic E-state index is -1.35. The van der Waals surface area contributed by atoms with Crippen molar-refractivity contribution in [3.05, 3.63) is 95.1 Å². The predicted octanol–water partition coefficient (Wildman–Crippen LogP) is 5.51. The lowest BCUT2D eigenvalue weighted by atomic mass is 9.82. The summed E-state index contributed by atoms with van der Waals surface area (Å²) in [5.41, 5.74) is 1.08. The largest absolute Gasteiger partial charge is 0.486 e. The van der Waals surface area contributed by atoms with E-state index in [-0.39, 0.29) is 5.91 Å². The average molecular weight is 546 g/mol. The maximum atomic E-state index is 14.0. The molecule has 0 unspecified atom stereocenters. The van der Waals surface area contributed by atoms with E-state index in [9.17, 15) is 13.6 Å². The Balaban J connectivity index is 1.09. The van der Waals surface area contributed by atoms with Crippen LogP contribution in [-0.4, -0.2) is 60.9 Å². The third-order valence-corrected chi connectivity index (χ3v) is 8.28. The van der Waals surface area contributed by atoms with Crippen LogP contribution in [0.4, 0.5) is 8.78 Å². The number of amides is 1. The zero-order valence-electron chi connectivity index (χ0n) is 22.6. The van der Waals surface area contributed by atoms with Crippen molar-refractivity contribution in [1.29, 1.82) is 0 Å². The molecule has 6 rings (SSSR count). The quantitative estimate of drug-likeness (QED) is 0.393. The molecule has 1 fully saturated rings. The molecule has 3 aromatic rings. The number of ether oxygens (including phenoxy) is 2. The van der Waals surface area contributed by atoms with E-state index in [2.05, 4.69) is 17.0 Å². The number of fused-ring (bicyclic) bond motifs is 1. The molecule has 0 bridgehead atoms. The molecule has 0 aliphatic carbocycles. The first-order chi connectivity index (χ1) is 19.4. The summed E-state index contributed by atoms with van der Waals surface area (Å²) >= 11 is 0. The third kappa shape index (κ3) is 4.96. The van der Waals surface area contributed by atoms with Crippen molar-refractivity contribution in [2.75, 3.05) is 39.4 Å². The van der Waals surface area contributed by atoms with Crippen molar-refractivity contribution >= 4 is 11.7 Å². The van der Waals surface area contributed by atoms with Gasteiger partial charge in [-0.3, -0.25) is 9.69 Å². The summed E-state index contributed by atoms with van der Waals surface area (Å²) in [4.78, 5) is 23.0. The van der Waals surface area contributed by atoms with Gasteiger partial charge in [0.2, 0.25) is 0 Å². The molecule has 0 spiro atoms. The fourth-order valence-electron chi connectivity index (χ4n) is 6.14. The topological polar surface area (TPSA) is 54.4 Å². The van der Waals surface area contributed by atoms with E-state index in [0.717, 1.165) is 50.4 Å². The average Bonchev–Trinajstić information content (AvgIpc) is 3.23. The van der Waals surface area contributed by atoms with Gasteiger partial charge in [-0.1, -0.05) is 30.3 Å². The lowest BCUT2D eigenvalue weighted by molar-refractivity contribution is -0.130. The summed E-state index contributed by atoms with van der Waals surface area (Å²) in [5.74, 6) is 1.80. The molecule has 6 nitrogen and oxygen atoms in total. The predicted molar refractivity (Wildman–Crippen MR) is 149 cm³/mol. The lowest BCUT2D eigenvalue weighted by Crippen LogP contribution is -2.43. The molecule has 0 saturated carbocycles. The molecule has 0 N–H and O–H groups in total. The number of nitrogens with zero attached hydrogens (tertiary/aromatic N) is 3. The van der Waals surface area contributed by atoms with E-state index in [1.54, 1.807) is 29.2 Å². The second-order valence-electron chi connectivity index (χ2n) is 10.7.